The number of fused-ring (bicyclic) bond motifs is 1. The summed E-state index contributed by atoms with van der Waals surface area (Å²) >= 11 is 12.0. The second kappa shape index (κ2) is 11.5. The fourth-order valence-electron chi connectivity index (χ4n) is 4.69. The first-order valence-electron chi connectivity index (χ1n) is 12.6. The molecule has 4 aromatic rings. The Morgan fingerprint density at radius 3 is 2.53 bits per heavy atom. The van der Waals surface area contributed by atoms with E-state index in [2.05, 4.69) is 10.6 Å². The third kappa shape index (κ3) is 6.31. The van der Waals surface area contributed by atoms with Crippen molar-refractivity contribution in [3.8, 4) is 11.7 Å². The Morgan fingerprint density at radius 2 is 1.79 bits per heavy atom. The third-order valence-corrected chi connectivity index (χ3v) is 7.07. The van der Waals surface area contributed by atoms with Gasteiger partial charge in [-0.05, 0) is 61.9 Å². The van der Waals surface area contributed by atoms with Crippen LogP contribution in [0.5, 0.6) is 11.7 Å². The number of benzene rings is 2. The van der Waals surface area contributed by atoms with Crippen molar-refractivity contribution in [2.75, 3.05) is 30.9 Å². The highest BCUT2D eigenvalue weighted by molar-refractivity contribution is 6.34. The van der Waals surface area contributed by atoms with Crippen LogP contribution in [-0.2, 0) is 0 Å². The summed E-state index contributed by atoms with van der Waals surface area (Å²) in [6.45, 7) is 0.605. The lowest BCUT2D eigenvalue weighted by Crippen LogP contribution is -2.34. The van der Waals surface area contributed by atoms with E-state index in [0.29, 0.717) is 45.8 Å². The molecule has 0 saturated heterocycles. The third-order valence-electron chi connectivity index (χ3n) is 6.63. The molecule has 0 radical (unpaired) electrons. The number of halogens is 2. The van der Waals surface area contributed by atoms with Gasteiger partial charge in [0.2, 0.25) is 5.95 Å². The highest BCUT2D eigenvalue weighted by Crippen LogP contribution is 2.30. The van der Waals surface area contributed by atoms with Crippen LogP contribution in [0.4, 0.5) is 11.8 Å². The van der Waals surface area contributed by atoms with Crippen LogP contribution in [0.25, 0.3) is 10.9 Å². The second-order valence-electron chi connectivity index (χ2n) is 9.72. The van der Waals surface area contributed by atoms with Crippen LogP contribution in [0.3, 0.4) is 0 Å². The van der Waals surface area contributed by atoms with Gasteiger partial charge < -0.3 is 24.7 Å². The minimum atomic E-state index is -0.200. The number of hydrogen-bond donors (Lipinski definition) is 2. The number of para-hydroxylation sites is 1. The van der Waals surface area contributed by atoms with Gasteiger partial charge in [0.25, 0.3) is 11.9 Å². The first kappa shape index (κ1) is 26.1. The first-order valence-corrected chi connectivity index (χ1v) is 13.3. The smallest absolute Gasteiger partial charge is 0.290 e. The van der Waals surface area contributed by atoms with Gasteiger partial charge in [0.05, 0.1) is 11.1 Å². The second-order valence-corrected chi connectivity index (χ2v) is 10.6. The quantitative estimate of drug-likeness (QED) is 0.248. The summed E-state index contributed by atoms with van der Waals surface area (Å²) < 4.78 is 11.0. The van der Waals surface area contributed by atoms with Crippen LogP contribution < -0.4 is 20.3 Å². The summed E-state index contributed by atoms with van der Waals surface area (Å²) in [5, 5.41) is 8.48. The van der Waals surface area contributed by atoms with Crippen molar-refractivity contribution in [2.24, 2.45) is 5.92 Å². The zero-order chi connectivity index (χ0) is 26.6. The molecular weight excluding hydrogens is 525 g/mol. The van der Waals surface area contributed by atoms with Gasteiger partial charge in [0.15, 0.2) is 0 Å². The van der Waals surface area contributed by atoms with Gasteiger partial charge in [-0.1, -0.05) is 35.3 Å². The molecule has 5 rings (SSSR count). The summed E-state index contributed by atoms with van der Waals surface area (Å²) in [5.74, 6) is 2.38. The van der Waals surface area contributed by atoms with E-state index in [1.807, 2.05) is 43.3 Å². The summed E-state index contributed by atoms with van der Waals surface area (Å²) in [5.41, 5.74) is 1.32. The molecule has 0 spiro atoms. The number of hydrogen-bond acceptors (Lipinski definition) is 7. The van der Waals surface area contributed by atoms with Crippen molar-refractivity contribution in [3.63, 3.8) is 0 Å². The molecule has 2 heterocycles. The number of furan rings is 1. The maximum Gasteiger partial charge on any atom is 0.290 e. The lowest BCUT2D eigenvalue weighted by atomic mass is 9.86. The van der Waals surface area contributed by atoms with Gasteiger partial charge in [-0.25, -0.2) is 4.98 Å². The molecule has 2 aromatic carbocycles. The maximum absolute atomic E-state index is 12.7. The molecule has 0 aliphatic heterocycles. The maximum atomic E-state index is 12.7. The normalized spacial score (nSPS) is 17.3. The molecule has 1 fully saturated rings. The molecule has 1 aliphatic rings. The number of nitrogens with one attached hydrogen (secondary N) is 2. The molecule has 8 nitrogen and oxygen atoms in total. The van der Waals surface area contributed by atoms with Gasteiger partial charge in [0.1, 0.15) is 17.8 Å². The van der Waals surface area contributed by atoms with Crippen molar-refractivity contribution in [2.45, 2.75) is 31.7 Å². The number of carbonyl (C=O) groups excluding carboxylic acids is 1. The number of anilines is 2. The van der Waals surface area contributed by atoms with Gasteiger partial charge in [-0.15, -0.1) is 0 Å². The van der Waals surface area contributed by atoms with E-state index in [0.717, 1.165) is 42.4 Å². The monoisotopic (exact) mass is 553 g/mol. The van der Waals surface area contributed by atoms with Gasteiger partial charge >= 0.3 is 0 Å². The Balaban J connectivity index is 1.11. The fourth-order valence-corrected chi connectivity index (χ4v) is 5.20. The highest BCUT2D eigenvalue weighted by atomic mass is 35.5. The van der Waals surface area contributed by atoms with E-state index < -0.39 is 0 Å². The van der Waals surface area contributed by atoms with Gasteiger partial charge in [0, 0.05) is 48.2 Å². The van der Waals surface area contributed by atoms with Crippen LogP contribution in [0.1, 0.15) is 36.0 Å². The van der Waals surface area contributed by atoms with Crippen LogP contribution in [-0.4, -0.2) is 42.6 Å². The van der Waals surface area contributed by atoms with Crippen LogP contribution >= 0.6 is 23.2 Å². The number of amides is 1. The number of nitrogens with zero attached hydrogens (tertiary/aromatic N) is 3. The average Bonchev–Trinajstić information content (AvgIpc) is 3.35. The molecule has 10 heteroatoms. The van der Waals surface area contributed by atoms with Crippen molar-refractivity contribution in [1.82, 2.24) is 15.3 Å². The molecule has 1 aliphatic carbocycles. The van der Waals surface area contributed by atoms with Crippen molar-refractivity contribution >= 4 is 51.8 Å². The average molecular weight is 554 g/mol. The topological polar surface area (TPSA) is 92.5 Å². The fraction of sp³-hybridized carbons (Fsp3) is 0.321. The van der Waals surface area contributed by atoms with E-state index >= 15 is 0 Å². The summed E-state index contributed by atoms with van der Waals surface area (Å²) in [6, 6.07) is 14.7. The Morgan fingerprint density at radius 1 is 1.05 bits per heavy atom. The molecule has 38 heavy (non-hydrogen) atoms. The predicted octanol–water partition coefficient (Wildman–Crippen LogP) is 6.79. The van der Waals surface area contributed by atoms with E-state index in [-0.39, 0.29) is 11.9 Å². The molecule has 1 amide bonds. The Kier molecular flexibility index (Phi) is 7.90. The Bertz CT molecular complexity index is 1410. The Labute approximate surface area is 231 Å². The standard InChI is InChI=1S/C28H29Cl2N5O3/c1-35(2)26-23-5-3-4-6-24(23)33-28(34-26)32-21-9-7-17(8-10-21)15-31-27(36)18-11-25(37-16-18)38-22-13-19(29)12-20(30)14-22/h3-6,11-14,16-17,21H,7-10,15H2,1-2H3,(H,31,36)(H,32,33,34)/t17-,21+. The number of aromatic nitrogens is 2. The van der Waals surface area contributed by atoms with E-state index in [4.69, 9.17) is 42.3 Å². The van der Waals surface area contributed by atoms with E-state index in [9.17, 15) is 4.79 Å². The van der Waals surface area contributed by atoms with Crippen LogP contribution in [0.15, 0.2) is 59.2 Å². The minimum absolute atomic E-state index is 0.188. The van der Waals surface area contributed by atoms with Crippen LogP contribution in [0, 0.1) is 5.92 Å². The lowest BCUT2D eigenvalue weighted by molar-refractivity contribution is 0.0942. The first-order chi connectivity index (χ1) is 18.3. The number of rotatable bonds is 8. The molecule has 0 atom stereocenters. The molecule has 1 saturated carbocycles. The highest BCUT2D eigenvalue weighted by Gasteiger charge is 2.23. The number of ether oxygens (including phenoxy) is 1. The molecule has 0 unspecified atom stereocenters. The zero-order valence-electron chi connectivity index (χ0n) is 21.2. The summed E-state index contributed by atoms with van der Waals surface area (Å²) in [6.07, 6.45) is 5.35. The molecule has 2 aromatic heterocycles. The largest absolute Gasteiger partial charge is 0.433 e. The van der Waals surface area contributed by atoms with E-state index in [1.54, 1.807) is 24.3 Å². The van der Waals surface area contributed by atoms with E-state index in [1.165, 1.54) is 6.26 Å². The summed E-state index contributed by atoms with van der Waals surface area (Å²) in [4.78, 5) is 24.2. The van der Waals surface area contributed by atoms with Crippen molar-refractivity contribution in [1.29, 1.82) is 0 Å². The number of carbonyl (C=O) groups is 1. The van der Waals surface area contributed by atoms with Gasteiger partial charge in [-0.2, -0.15) is 4.98 Å². The minimum Gasteiger partial charge on any atom is -0.433 e. The lowest BCUT2D eigenvalue weighted by Gasteiger charge is -2.29. The SMILES string of the molecule is CN(C)c1nc(N[C@H]2CC[C@@H](CNC(=O)c3coc(Oc4cc(Cl)cc(Cl)c4)c3)CC2)nc2ccccc12. The molecule has 0 bridgehead atoms. The zero-order valence-corrected chi connectivity index (χ0v) is 22.7. The predicted molar refractivity (Wildman–Crippen MR) is 151 cm³/mol. The van der Waals surface area contributed by atoms with Gasteiger partial charge in [-0.3, -0.25) is 4.79 Å². The molecule has 2 N–H and O–H groups in total. The van der Waals surface area contributed by atoms with Crippen LogP contribution in [0.2, 0.25) is 10.0 Å². The molecular formula is C28H29Cl2N5O3. The summed E-state index contributed by atoms with van der Waals surface area (Å²) in [7, 11) is 3.98. The Hall–Kier alpha value is -3.49. The van der Waals surface area contributed by atoms with Crippen molar-refractivity contribution < 1.29 is 13.9 Å². The van der Waals surface area contributed by atoms with Crippen molar-refractivity contribution in [3.05, 3.63) is 70.4 Å². The molecule has 198 valence electrons.